The number of ketones is 1. The first-order valence-electron chi connectivity index (χ1n) is 6.78. The molecule has 0 saturated heterocycles. The van der Waals surface area contributed by atoms with Crippen LogP contribution in [-0.2, 0) is 29.4 Å². The number of hydrogen-bond acceptors (Lipinski definition) is 3. The number of ether oxygens (including phenoxy) is 1. The summed E-state index contributed by atoms with van der Waals surface area (Å²) in [6, 6.07) is 11.5. The summed E-state index contributed by atoms with van der Waals surface area (Å²) in [6.07, 6.45) is 0.682. The number of hydrogen-bond donors (Lipinski definition) is 0. The maximum atomic E-state index is 12.4. The molecular weight excluding hydrogens is 252 g/mol. The highest BCUT2D eigenvalue weighted by atomic mass is 16.5. The number of Topliss-reactive ketones (excluding diaryl/α,β-unsaturated/α-hetero) is 1. The zero-order chi connectivity index (χ0) is 14.5. The number of rotatable bonds is 6. The summed E-state index contributed by atoms with van der Waals surface area (Å²) in [5, 5.41) is 4.36. The Kier molecular flexibility index (Phi) is 4.69. The third-order valence-corrected chi connectivity index (χ3v) is 3.38. The van der Waals surface area contributed by atoms with Crippen LogP contribution in [0.25, 0.3) is 0 Å². The van der Waals surface area contributed by atoms with E-state index in [1.165, 1.54) is 0 Å². The summed E-state index contributed by atoms with van der Waals surface area (Å²) in [5.41, 5.74) is 2.81. The van der Waals surface area contributed by atoms with Crippen LogP contribution in [0.2, 0.25) is 0 Å². The molecule has 2 aromatic rings. The zero-order valence-corrected chi connectivity index (χ0v) is 12.2. The van der Waals surface area contributed by atoms with Gasteiger partial charge in [-0.05, 0) is 18.1 Å². The molecular formula is C16H20N2O2. The van der Waals surface area contributed by atoms with Crippen molar-refractivity contribution in [2.24, 2.45) is 7.05 Å². The van der Waals surface area contributed by atoms with Gasteiger partial charge in [0.25, 0.3) is 0 Å². The van der Waals surface area contributed by atoms with Gasteiger partial charge in [-0.15, -0.1) is 0 Å². The summed E-state index contributed by atoms with van der Waals surface area (Å²) in [5.74, 6) is 0.0457. The standard InChI is InChI=1S/C16H20N2O2/c1-4-13-10-14(18(2)17-13)11-15(19)16(20-3)12-8-6-5-7-9-12/h5-10,16H,4,11H2,1-3H3. The van der Waals surface area contributed by atoms with Crippen LogP contribution in [0.1, 0.15) is 30.0 Å². The molecule has 1 aromatic heterocycles. The van der Waals surface area contributed by atoms with Crippen molar-refractivity contribution in [3.8, 4) is 0 Å². The van der Waals surface area contributed by atoms with Gasteiger partial charge in [-0.3, -0.25) is 9.48 Å². The van der Waals surface area contributed by atoms with Gasteiger partial charge in [-0.2, -0.15) is 5.10 Å². The van der Waals surface area contributed by atoms with E-state index in [1.807, 2.05) is 43.4 Å². The smallest absolute Gasteiger partial charge is 0.172 e. The molecule has 0 fully saturated rings. The first-order valence-corrected chi connectivity index (χ1v) is 6.78. The van der Waals surface area contributed by atoms with Crippen LogP contribution in [0.3, 0.4) is 0 Å². The fraction of sp³-hybridized carbons (Fsp3) is 0.375. The normalized spacial score (nSPS) is 12.3. The van der Waals surface area contributed by atoms with Crippen LogP contribution in [0.4, 0.5) is 0 Å². The molecule has 0 N–H and O–H groups in total. The van der Waals surface area contributed by atoms with Crippen molar-refractivity contribution in [2.75, 3.05) is 7.11 Å². The third-order valence-electron chi connectivity index (χ3n) is 3.38. The molecule has 1 unspecified atom stereocenters. The Hall–Kier alpha value is -1.94. The SMILES string of the molecule is CCc1cc(CC(=O)C(OC)c2ccccc2)n(C)n1. The van der Waals surface area contributed by atoms with Crippen LogP contribution in [0.15, 0.2) is 36.4 Å². The van der Waals surface area contributed by atoms with Crippen LogP contribution >= 0.6 is 0 Å². The molecule has 0 bridgehead atoms. The van der Waals surface area contributed by atoms with Crippen molar-refractivity contribution in [1.29, 1.82) is 0 Å². The highest BCUT2D eigenvalue weighted by Crippen LogP contribution is 2.19. The van der Waals surface area contributed by atoms with E-state index in [-0.39, 0.29) is 5.78 Å². The molecule has 0 aliphatic heterocycles. The number of aryl methyl sites for hydroxylation is 2. The average Bonchev–Trinajstić information content (AvgIpc) is 2.81. The maximum Gasteiger partial charge on any atom is 0.172 e. The molecule has 4 nitrogen and oxygen atoms in total. The van der Waals surface area contributed by atoms with Crippen molar-refractivity contribution in [3.05, 3.63) is 53.3 Å². The maximum absolute atomic E-state index is 12.4. The molecule has 20 heavy (non-hydrogen) atoms. The first kappa shape index (κ1) is 14.5. The van der Waals surface area contributed by atoms with Crippen LogP contribution in [-0.4, -0.2) is 22.7 Å². The Bertz CT molecular complexity index is 575. The second-order valence-corrected chi connectivity index (χ2v) is 4.77. The summed E-state index contributed by atoms with van der Waals surface area (Å²) in [6.45, 7) is 2.05. The minimum Gasteiger partial charge on any atom is -0.369 e. The number of nitrogens with zero attached hydrogens (tertiary/aromatic N) is 2. The lowest BCUT2D eigenvalue weighted by Crippen LogP contribution is -2.18. The van der Waals surface area contributed by atoms with E-state index in [2.05, 4.69) is 12.0 Å². The van der Waals surface area contributed by atoms with Gasteiger partial charge in [0.15, 0.2) is 5.78 Å². The van der Waals surface area contributed by atoms with E-state index in [0.717, 1.165) is 23.4 Å². The van der Waals surface area contributed by atoms with Gasteiger partial charge in [0.2, 0.25) is 0 Å². The van der Waals surface area contributed by atoms with Crippen LogP contribution in [0, 0.1) is 0 Å². The molecule has 1 aromatic carbocycles. The Labute approximate surface area is 119 Å². The third kappa shape index (κ3) is 3.14. The van der Waals surface area contributed by atoms with Crippen molar-refractivity contribution in [2.45, 2.75) is 25.9 Å². The molecule has 0 saturated carbocycles. The van der Waals surface area contributed by atoms with Crippen molar-refractivity contribution in [3.63, 3.8) is 0 Å². The predicted octanol–water partition coefficient (Wildman–Crippen LogP) is 2.48. The summed E-state index contributed by atoms with van der Waals surface area (Å²) in [7, 11) is 3.43. The van der Waals surface area contributed by atoms with Gasteiger partial charge in [0, 0.05) is 19.9 Å². The Morgan fingerprint density at radius 3 is 2.60 bits per heavy atom. The Balaban J connectivity index is 2.15. The number of carbonyl (C=O) groups excluding carboxylic acids is 1. The van der Waals surface area contributed by atoms with E-state index >= 15 is 0 Å². The fourth-order valence-electron chi connectivity index (χ4n) is 2.26. The molecule has 0 amide bonds. The van der Waals surface area contributed by atoms with Gasteiger partial charge in [0.05, 0.1) is 12.1 Å². The van der Waals surface area contributed by atoms with E-state index in [1.54, 1.807) is 11.8 Å². The summed E-state index contributed by atoms with van der Waals surface area (Å²) in [4.78, 5) is 12.4. The molecule has 0 radical (unpaired) electrons. The Morgan fingerprint density at radius 1 is 1.35 bits per heavy atom. The predicted molar refractivity (Wildman–Crippen MR) is 77.5 cm³/mol. The Morgan fingerprint density at radius 2 is 2.05 bits per heavy atom. The van der Waals surface area contributed by atoms with E-state index in [9.17, 15) is 4.79 Å². The van der Waals surface area contributed by atoms with E-state index in [4.69, 9.17) is 4.74 Å². The molecule has 0 spiro atoms. The molecule has 0 aliphatic rings. The minimum absolute atomic E-state index is 0.0457. The molecule has 1 atom stereocenters. The number of aromatic nitrogens is 2. The van der Waals surface area contributed by atoms with Gasteiger partial charge in [-0.25, -0.2) is 0 Å². The van der Waals surface area contributed by atoms with Crippen molar-refractivity contribution < 1.29 is 9.53 Å². The fourth-order valence-corrected chi connectivity index (χ4v) is 2.26. The quantitative estimate of drug-likeness (QED) is 0.811. The second-order valence-electron chi connectivity index (χ2n) is 4.77. The highest BCUT2D eigenvalue weighted by Gasteiger charge is 2.21. The van der Waals surface area contributed by atoms with Gasteiger partial charge < -0.3 is 4.74 Å². The second kappa shape index (κ2) is 6.48. The van der Waals surface area contributed by atoms with Gasteiger partial charge in [0.1, 0.15) is 6.10 Å². The van der Waals surface area contributed by atoms with E-state index < -0.39 is 6.10 Å². The van der Waals surface area contributed by atoms with Crippen molar-refractivity contribution >= 4 is 5.78 Å². The number of benzene rings is 1. The van der Waals surface area contributed by atoms with Crippen molar-refractivity contribution in [1.82, 2.24) is 9.78 Å². The molecule has 106 valence electrons. The lowest BCUT2D eigenvalue weighted by molar-refractivity contribution is -0.128. The van der Waals surface area contributed by atoms with Crippen LogP contribution < -0.4 is 0 Å². The highest BCUT2D eigenvalue weighted by molar-refractivity contribution is 5.86. The van der Waals surface area contributed by atoms with Gasteiger partial charge >= 0.3 is 0 Å². The summed E-state index contributed by atoms with van der Waals surface area (Å²) >= 11 is 0. The zero-order valence-electron chi connectivity index (χ0n) is 12.2. The molecule has 2 rings (SSSR count). The largest absolute Gasteiger partial charge is 0.369 e. The minimum atomic E-state index is -0.517. The van der Waals surface area contributed by atoms with Crippen LogP contribution in [0.5, 0.6) is 0 Å². The average molecular weight is 272 g/mol. The lowest BCUT2D eigenvalue weighted by atomic mass is 10.0. The molecule has 0 aliphatic carbocycles. The first-order chi connectivity index (χ1) is 9.65. The monoisotopic (exact) mass is 272 g/mol. The molecule has 1 heterocycles. The molecule has 4 heteroatoms. The topological polar surface area (TPSA) is 44.1 Å². The van der Waals surface area contributed by atoms with E-state index in [0.29, 0.717) is 6.42 Å². The van der Waals surface area contributed by atoms with Gasteiger partial charge in [-0.1, -0.05) is 37.3 Å². The lowest BCUT2D eigenvalue weighted by Gasteiger charge is -2.14. The number of carbonyl (C=O) groups is 1. The summed E-state index contributed by atoms with van der Waals surface area (Å²) < 4.78 is 7.14. The number of methoxy groups -OCH3 is 1.